The molecule has 0 spiro atoms. The minimum absolute atomic E-state index is 0.114. The molecule has 0 saturated heterocycles. The maximum absolute atomic E-state index is 12.8. The lowest BCUT2D eigenvalue weighted by molar-refractivity contribution is -0.141. The van der Waals surface area contributed by atoms with Gasteiger partial charge in [-0.05, 0) is 30.5 Å². The topological polar surface area (TPSA) is 73.2 Å². The Kier molecular flexibility index (Phi) is 5.48. The molecule has 0 aliphatic rings. The third-order valence-electron chi connectivity index (χ3n) is 3.81. The highest BCUT2D eigenvalue weighted by Gasteiger charge is 2.21. The summed E-state index contributed by atoms with van der Waals surface area (Å²) in [7, 11) is 1.33. The van der Waals surface area contributed by atoms with Crippen molar-refractivity contribution >= 4 is 23.2 Å². The lowest BCUT2D eigenvalue weighted by Crippen LogP contribution is -2.34. The first kappa shape index (κ1) is 17.9. The zero-order chi connectivity index (χ0) is 18.5. The molecule has 3 rings (SSSR count). The van der Waals surface area contributed by atoms with Crippen LogP contribution in [0, 0.1) is 0 Å². The fourth-order valence-electron chi connectivity index (χ4n) is 2.53. The van der Waals surface area contributed by atoms with E-state index in [1.165, 1.54) is 18.4 Å². The maximum atomic E-state index is 12.8. The van der Waals surface area contributed by atoms with Crippen molar-refractivity contribution in [1.29, 1.82) is 0 Å². The van der Waals surface area contributed by atoms with E-state index in [0.717, 1.165) is 10.6 Å². The molecule has 0 aliphatic heterocycles. The van der Waals surface area contributed by atoms with Crippen molar-refractivity contribution in [2.24, 2.45) is 0 Å². The third-order valence-corrected chi connectivity index (χ3v) is 4.69. The van der Waals surface area contributed by atoms with Gasteiger partial charge in [0, 0.05) is 12.2 Å². The summed E-state index contributed by atoms with van der Waals surface area (Å²) in [5, 5.41) is 9.39. The molecule has 1 amide bonds. The summed E-state index contributed by atoms with van der Waals surface area (Å²) in [5.74, 6) is -0.636. The van der Waals surface area contributed by atoms with Gasteiger partial charge in [0.15, 0.2) is 0 Å². The number of hydrogen-bond donors (Lipinski definition) is 1. The molecule has 0 saturated carbocycles. The summed E-state index contributed by atoms with van der Waals surface area (Å²) >= 11 is 1.52. The Labute approximate surface area is 155 Å². The van der Waals surface area contributed by atoms with Gasteiger partial charge in [0.1, 0.15) is 5.69 Å². The van der Waals surface area contributed by atoms with E-state index in [4.69, 9.17) is 0 Å². The van der Waals surface area contributed by atoms with Gasteiger partial charge in [-0.1, -0.05) is 24.3 Å². The highest BCUT2D eigenvalue weighted by molar-refractivity contribution is 7.13. The quantitative estimate of drug-likeness (QED) is 0.677. The van der Waals surface area contributed by atoms with Crippen LogP contribution in [0.4, 0.5) is 0 Å². The first-order valence-corrected chi connectivity index (χ1v) is 9.03. The molecule has 1 unspecified atom stereocenters. The number of aromatic nitrogens is 2. The van der Waals surface area contributed by atoms with E-state index >= 15 is 0 Å². The smallest absolute Gasteiger partial charge is 0.307 e. The molecular formula is C19H19N3O3S. The number of ether oxygens (including phenoxy) is 1. The lowest BCUT2D eigenvalue weighted by atomic mass is 10.1. The fraction of sp³-hybridized carbons (Fsp3) is 0.211. The van der Waals surface area contributed by atoms with Crippen LogP contribution in [0.1, 0.15) is 23.7 Å². The molecule has 3 aromatic rings. The van der Waals surface area contributed by atoms with Crippen molar-refractivity contribution < 1.29 is 14.3 Å². The Morgan fingerprint density at radius 3 is 2.65 bits per heavy atom. The highest BCUT2D eigenvalue weighted by atomic mass is 32.1. The minimum atomic E-state index is -0.365. The van der Waals surface area contributed by atoms with Crippen molar-refractivity contribution in [2.45, 2.75) is 19.4 Å². The Morgan fingerprint density at radius 2 is 2.00 bits per heavy atom. The summed E-state index contributed by atoms with van der Waals surface area (Å²) < 4.78 is 6.34. The monoisotopic (exact) mass is 369 g/mol. The van der Waals surface area contributed by atoms with Gasteiger partial charge in [-0.15, -0.1) is 11.3 Å². The Balaban J connectivity index is 1.91. The minimum Gasteiger partial charge on any atom is -0.469 e. The van der Waals surface area contributed by atoms with E-state index in [9.17, 15) is 9.59 Å². The molecular weight excluding hydrogens is 350 g/mol. The third kappa shape index (κ3) is 4.00. The number of carbonyl (C=O) groups excluding carboxylic acids is 2. The second kappa shape index (κ2) is 7.97. The molecule has 0 fully saturated rings. The molecule has 26 heavy (non-hydrogen) atoms. The van der Waals surface area contributed by atoms with Crippen molar-refractivity contribution in [3.63, 3.8) is 0 Å². The number of rotatable bonds is 6. The molecule has 6 nitrogen and oxygen atoms in total. The first-order valence-electron chi connectivity index (χ1n) is 8.15. The van der Waals surface area contributed by atoms with E-state index in [1.807, 2.05) is 47.8 Å². The number of benzene rings is 1. The molecule has 7 heteroatoms. The average molecular weight is 369 g/mol. The fourth-order valence-corrected chi connectivity index (χ4v) is 3.26. The van der Waals surface area contributed by atoms with Crippen LogP contribution in [-0.4, -0.2) is 34.8 Å². The number of hydrogen-bond acceptors (Lipinski definition) is 5. The molecule has 0 bridgehead atoms. The predicted octanol–water partition coefficient (Wildman–Crippen LogP) is 3.28. The molecule has 0 aliphatic carbocycles. The van der Waals surface area contributed by atoms with Crippen LogP contribution >= 0.6 is 11.3 Å². The zero-order valence-electron chi connectivity index (χ0n) is 14.5. The molecule has 134 valence electrons. The maximum Gasteiger partial charge on any atom is 0.307 e. The second-order valence-corrected chi connectivity index (χ2v) is 6.75. The van der Waals surface area contributed by atoms with Crippen molar-refractivity contribution in [1.82, 2.24) is 15.1 Å². The molecule has 1 N–H and O–H groups in total. The van der Waals surface area contributed by atoms with Gasteiger partial charge < -0.3 is 10.1 Å². The number of para-hydroxylation sites is 1. The van der Waals surface area contributed by atoms with Crippen LogP contribution < -0.4 is 5.32 Å². The van der Waals surface area contributed by atoms with E-state index in [1.54, 1.807) is 17.8 Å². The van der Waals surface area contributed by atoms with Crippen LogP contribution in [0.25, 0.3) is 16.3 Å². The number of methoxy groups -OCH3 is 1. The summed E-state index contributed by atoms with van der Waals surface area (Å²) in [6.07, 6.45) is 1.83. The predicted molar refractivity (Wildman–Crippen MR) is 100 cm³/mol. The summed E-state index contributed by atoms with van der Waals surface area (Å²) in [6.45, 7) is 1.77. The van der Waals surface area contributed by atoms with Gasteiger partial charge in [-0.25, -0.2) is 4.68 Å². The van der Waals surface area contributed by atoms with Crippen molar-refractivity contribution in [3.05, 3.63) is 59.6 Å². The van der Waals surface area contributed by atoms with Crippen molar-refractivity contribution in [3.8, 4) is 16.3 Å². The SMILES string of the molecule is COC(=O)CC(C)NC(=O)c1cn(-c2ccccc2)nc1-c1cccs1. The van der Waals surface area contributed by atoms with E-state index in [0.29, 0.717) is 11.3 Å². The highest BCUT2D eigenvalue weighted by Crippen LogP contribution is 2.27. The lowest BCUT2D eigenvalue weighted by Gasteiger charge is -2.12. The van der Waals surface area contributed by atoms with Crippen LogP contribution in [0.3, 0.4) is 0 Å². The molecule has 1 atom stereocenters. The number of thiophene rings is 1. The number of nitrogens with zero attached hydrogens (tertiary/aromatic N) is 2. The van der Waals surface area contributed by atoms with Crippen LogP contribution in [0.2, 0.25) is 0 Å². The van der Waals surface area contributed by atoms with Gasteiger partial charge in [-0.2, -0.15) is 5.10 Å². The second-order valence-electron chi connectivity index (χ2n) is 5.80. The molecule has 2 heterocycles. The summed E-state index contributed by atoms with van der Waals surface area (Å²) in [6, 6.07) is 13.1. The number of amides is 1. The largest absolute Gasteiger partial charge is 0.469 e. The standard InChI is InChI=1S/C19H19N3O3S/c1-13(11-17(23)25-2)20-19(24)15-12-22(14-7-4-3-5-8-14)21-18(15)16-9-6-10-26-16/h3-10,12-13H,11H2,1-2H3,(H,20,24). The average Bonchev–Trinajstić information content (AvgIpc) is 3.31. The van der Waals surface area contributed by atoms with Gasteiger partial charge in [0.2, 0.25) is 0 Å². The van der Waals surface area contributed by atoms with Gasteiger partial charge in [0.25, 0.3) is 5.91 Å². The van der Waals surface area contributed by atoms with Gasteiger partial charge >= 0.3 is 5.97 Å². The van der Waals surface area contributed by atoms with Crippen LogP contribution in [-0.2, 0) is 9.53 Å². The number of nitrogens with one attached hydrogen (secondary N) is 1. The first-order chi connectivity index (χ1) is 12.6. The summed E-state index contributed by atoms with van der Waals surface area (Å²) in [4.78, 5) is 25.1. The Bertz CT molecular complexity index is 888. The van der Waals surface area contributed by atoms with E-state index < -0.39 is 0 Å². The zero-order valence-corrected chi connectivity index (χ0v) is 15.3. The van der Waals surface area contributed by atoms with E-state index in [2.05, 4.69) is 15.2 Å². The normalized spacial score (nSPS) is 11.8. The number of esters is 1. The molecule has 1 aromatic carbocycles. The molecule has 2 aromatic heterocycles. The summed E-state index contributed by atoms with van der Waals surface area (Å²) in [5.41, 5.74) is 1.95. The van der Waals surface area contributed by atoms with Crippen LogP contribution in [0.15, 0.2) is 54.0 Å². The van der Waals surface area contributed by atoms with Gasteiger partial charge in [-0.3, -0.25) is 9.59 Å². The Hall–Kier alpha value is -2.93. The Morgan fingerprint density at radius 1 is 1.23 bits per heavy atom. The number of carbonyl (C=O) groups is 2. The molecule has 0 radical (unpaired) electrons. The van der Waals surface area contributed by atoms with E-state index in [-0.39, 0.29) is 24.3 Å². The van der Waals surface area contributed by atoms with Crippen LogP contribution in [0.5, 0.6) is 0 Å². The van der Waals surface area contributed by atoms with Crippen molar-refractivity contribution in [2.75, 3.05) is 7.11 Å². The van der Waals surface area contributed by atoms with Gasteiger partial charge in [0.05, 0.1) is 29.7 Å².